The molecule has 4 rings (SSSR count). The first kappa shape index (κ1) is 23.2. The fourth-order valence-electron chi connectivity index (χ4n) is 5.49. The van der Waals surface area contributed by atoms with E-state index in [1.165, 1.54) is 6.42 Å². The van der Waals surface area contributed by atoms with Crippen LogP contribution < -0.4 is 5.32 Å². The van der Waals surface area contributed by atoms with E-state index in [2.05, 4.69) is 35.1 Å². The highest BCUT2D eigenvalue weighted by Gasteiger charge is 2.44. The molecule has 2 fully saturated rings. The van der Waals surface area contributed by atoms with Crippen molar-refractivity contribution in [2.75, 3.05) is 19.6 Å². The van der Waals surface area contributed by atoms with Gasteiger partial charge in [-0.1, -0.05) is 49.6 Å². The topological polar surface area (TPSA) is 62.3 Å². The van der Waals surface area contributed by atoms with E-state index in [4.69, 9.17) is 0 Å². The summed E-state index contributed by atoms with van der Waals surface area (Å²) >= 11 is 0. The summed E-state index contributed by atoms with van der Waals surface area (Å²) in [6, 6.07) is 12.4. The number of nitrogens with one attached hydrogen (secondary N) is 1. The Morgan fingerprint density at radius 1 is 1.09 bits per heavy atom. The van der Waals surface area contributed by atoms with E-state index in [-0.39, 0.29) is 17.7 Å². The largest absolute Gasteiger partial charge is 0.352 e. The smallest absolute Gasteiger partial charge is 0.228 e. The van der Waals surface area contributed by atoms with Gasteiger partial charge < -0.3 is 10.2 Å². The van der Waals surface area contributed by atoms with Gasteiger partial charge in [0.15, 0.2) is 0 Å². The Morgan fingerprint density at radius 2 is 1.88 bits per heavy atom. The van der Waals surface area contributed by atoms with Crippen molar-refractivity contribution in [3.05, 3.63) is 67.0 Å². The van der Waals surface area contributed by atoms with E-state index in [9.17, 15) is 9.59 Å². The van der Waals surface area contributed by atoms with Crippen LogP contribution in [0.3, 0.4) is 0 Å². The van der Waals surface area contributed by atoms with Gasteiger partial charge in [-0.15, -0.1) is 6.58 Å². The average molecular weight is 446 g/mol. The molecule has 0 unspecified atom stereocenters. The predicted molar refractivity (Wildman–Crippen MR) is 131 cm³/mol. The molecule has 0 bridgehead atoms. The van der Waals surface area contributed by atoms with Gasteiger partial charge in [0.25, 0.3) is 0 Å². The molecule has 1 saturated carbocycles. The number of carbonyl (C=O) groups excluding carboxylic acids is 2. The summed E-state index contributed by atoms with van der Waals surface area (Å²) in [7, 11) is 0. The summed E-state index contributed by atoms with van der Waals surface area (Å²) in [4.78, 5) is 32.9. The van der Waals surface area contributed by atoms with E-state index in [1.807, 2.05) is 23.1 Å². The van der Waals surface area contributed by atoms with E-state index in [0.717, 1.165) is 61.8 Å². The lowest BCUT2D eigenvalue weighted by molar-refractivity contribution is -0.145. The molecule has 1 aliphatic carbocycles. The van der Waals surface area contributed by atoms with Crippen molar-refractivity contribution in [2.45, 2.75) is 51.4 Å². The van der Waals surface area contributed by atoms with Gasteiger partial charge in [0, 0.05) is 37.9 Å². The van der Waals surface area contributed by atoms with Gasteiger partial charge in [0.1, 0.15) is 0 Å². The molecular formula is C28H35N3O2. The van der Waals surface area contributed by atoms with Crippen LogP contribution in [0.5, 0.6) is 0 Å². The minimum Gasteiger partial charge on any atom is -0.352 e. The number of carbonyl (C=O) groups is 2. The second kappa shape index (κ2) is 10.8. The van der Waals surface area contributed by atoms with Crippen molar-refractivity contribution in [1.82, 2.24) is 15.2 Å². The van der Waals surface area contributed by atoms with Crippen LogP contribution in [0.2, 0.25) is 0 Å². The molecule has 2 amide bonds. The SMILES string of the molecule is C=CCNC(=O)[C@]1(Cc2cccc(-c3ccncc3)c2)CCCN(C(=O)C2CCCCC2)C1. The van der Waals surface area contributed by atoms with Crippen LogP contribution in [0.25, 0.3) is 11.1 Å². The zero-order valence-corrected chi connectivity index (χ0v) is 19.5. The summed E-state index contributed by atoms with van der Waals surface area (Å²) in [6.45, 7) is 5.43. The van der Waals surface area contributed by atoms with Crippen LogP contribution >= 0.6 is 0 Å². The Morgan fingerprint density at radius 3 is 2.64 bits per heavy atom. The summed E-state index contributed by atoms with van der Waals surface area (Å²) < 4.78 is 0. The number of rotatable bonds is 7. The monoisotopic (exact) mass is 445 g/mol. The van der Waals surface area contributed by atoms with Gasteiger partial charge in [-0.2, -0.15) is 0 Å². The molecule has 1 atom stereocenters. The van der Waals surface area contributed by atoms with Gasteiger partial charge in [0.2, 0.25) is 11.8 Å². The van der Waals surface area contributed by atoms with E-state index < -0.39 is 5.41 Å². The van der Waals surface area contributed by atoms with Gasteiger partial charge in [-0.3, -0.25) is 14.6 Å². The number of nitrogens with zero attached hydrogens (tertiary/aromatic N) is 2. The minimum atomic E-state index is -0.623. The Hall–Kier alpha value is -2.95. The fourth-order valence-corrected chi connectivity index (χ4v) is 5.49. The predicted octanol–water partition coefficient (Wildman–Crippen LogP) is 4.78. The molecule has 0 spiro atoms. The van der Waals surface area contributed by atoms with Gasteiger partial charge in [-0.05, 0) is 60.9 Å². The van der Waals surface area contributed by atoms with Crippen LogP contribution in [0, 0.1) is 11.3 Å². The molecule has 1 aromatic heterocycles. The molecule has 2 aliphatic rings. The molecule has 1 N–H and O–H groups in total. The van der Waals surface area contributed by atoms with Crippen molar-refractivity contribution >= 4 is 11.8 Å². The first-order chi connectivity index (χ1) is 16.1. The molecule has 33 heavy (non-hydrogen) atoms. The van der Waals surface area contributed by atoms with E-state index in [0.29, 0.717) is 19.5 Å². The zero-order chi connectivity index (χ0) is 23.1. The number of benzene rings is 1. The van der Waals surface area contributed by atoms with Crippen molar-refractivity contribution < 1.29 is 9.59 Å². The Labute approximate surface area is 197 Å². The normalized spacial score (nSPS) is 21.4. The lowest BCUT2D eigenvalue weighted by Crippen LogP contribution is -2.55. The van der Waals surface area contributed by atoms with Crippen molar-refractivity contribution in [2.24, 2.45) is 11.3 Å². The van der Waals surface area contributed by atoms with Crippen LogP contribution in [-0.4, -0.2) is 41.3 Å². The minimum absolute atomic E-state index is 0.0258. The average Bonchev–Trinajstić information content (AvgIpc) is 2.88. The molecule has 1 aromatic carbocycles. The van der Waals surface area contributed by atoms with Crippen molar-refractivity contribution in [3.63, 3.8) is 0 Å². The highest BCUT2D eigenvalue weighted by atomic mass is 16.2. The van der Waals surface area contributed by atoms with Crippen LogP contribution in [-0.2, 0) is 16.0 Å². The second-order valence-corrected chi connectivity index (χ2v) is 9.59. The van der Waals surface area contributed by atoms with Crippen LogP contribution in [0.4, 0.5) is 0 Å². The number of pyridine rings is 1. The standard InChI is InChI=1S/C28H35N3O2/c1-2-15-30-27(33)28(14-7-18-31(21-28)26(32)24-9-4-3-5-10-24)20-22-8-6-11-25(19-22)23-12-16-29-17-13-23/h2,6,8,11-13,16-17,19,24H,1,3-5,7,9-10,14-15,18,20-21H2,(H,30,33)/t28-/m0/s1. The first-order valence-corrected chi connectivity index (χ1v) is 12.3. The highest BCUT2D eigenvalue weighted by Crippen LogP contribution is 2.37. The van der Waals surface area contributed by atoms with Crippen LogP contribution in [0.1, 0.15) is 50.5 Å². The van der Waals surface area contributed by atoms with Crippen molar-refractivity contribution in [3.8, 4) is 11.1 Å². The number of piperidine rings is 1. The maximum Gasteiger partial charge on any atom is 0.228 e. The number of amides is 2. The molecule has 1 saturated heterocycles. The molecule has 0 radical (unpaired) electrons. The number of likely N-dealkylation sites (tertiary alicyclic amines) is 1. The number of aromatic nitrogens is 1. The summed E-state index contributed by atoms with van der Waals surface area (Å²) in [6.07, 6.45) is 13.0. The number of hydrogen-bond donors (Lipinski definition) is 1. The molecule has 2 aromatic rings. The Bertz CT molecular complexity index is 968. The van der Waals surface area contributed by atoms with Crippen LogP contribution in [0.15, 0.2) is 61.4 Å². The third-order valence-electron chi connectivity index (χ3n) is 7.21. The second-order valence-electron chi connectivity index (χ2n) is 9.59. The maximum atomic E-state index is 13.5. The first-order valence-electron chi connectivity index (χ1n) is 12.3. The third-order valence-corrected chi connectivity index (χ3v) is 7.21. The quantitative estimate of drug-likeness (QED) is 0.624. The summed E-state index contributed by atoms with van der Waals surface area (Å²) in [5, 5.41) is 3.05. The highest BCUT2D eigenvalue weighted by molar-refractivity contribution is 5.85. The van der Waals surface area contributed by atoms with Gasteiger partial charge in [-0.25, -0.2) is 0 Å². The molecule has 5 heteroatoms. The molecule has 5 nitrogen and oxygen atoms in total. The molecule has 2 heterocycles. The van der Waals surface area contributed by atoms with Gasteiger partial charge >= 0.3 is 0 Å². The van der Waals surface area contributed by atoms with E-state index in [1.54, 1.807) is 18.5 Å². The lowest BCUT2D eigenvalue weighted by atomic mass is 9.73. The third kappa shape index (κ3) is 5.52. The summed E-state index contributed by atoms with van der Waals surface area (Å²) in [5.74, 6) is 0.402. The Balaban J connectivity index is 1.59. The molecule has 174 valence electrons. The molecular weight excluding hydrogens is 410 g/mol. The van der Waals surface area contributed by atoms with Gasteiger partial charge in [0.05, 0.1) is 5.41 Å². The molecule has 1 aliphatic heterocycles. The zero-order valence-electron chi connectivity index (χ0n) is 19.5. The fraction of sp³-hybridized carbons (Fsp3) is 0.464. The summed E-state index contributed by atoms with van der Waals surface area (Å²) in [5.41, 5.74) is 2.71. The number of hydrogen-bond acceptors (Lipinski definition) is 3. The van der Waals surface area contributed by atoms with E-state index >= 15 is 0 Å². The lowest BCUT2D eigenvalue weighted by Gasteiger charge is -2.43. The Kier molecular flexibility index (Phi) is 7.58. The maximum absolute atomic E-state index is 13.5. The van der Waals surface area contributed by atoms with Crippen molar-refractivity contribution in [1.29, 1.82) is 0 Å².